The normalized spacial score (nSPS) is 34.6. The van der Waals surface area contributed by atoms with Gasteiger partial charge in [-0.15, -0.1) is 12.4 Å². The summed E-state index contributed by atoms with van der Waals surface area (Å²) in [7, 11) is 0. The molecule has 2 aliphatic rings. The fourth-order valence-electron chi connectivity index (χ4n) is 2.75. The van der Waals surface area contributed by atoms with Crippen molar-refractivity contribution in [1.82, 2.24) is 10.2 Å². The molecule has 94 valence electrons. The highest BCUT2D eigenvalue weighted by molar-refractivity contribution is 5.85. The molecule has 3 nitrogen and oxygen atoms in total. The van der Waals surface area contributed by atoms with E-state index in [2.05, 4.69) is 24.1 Å². The van der Waals surface area contributed by atoms with E-state index in [0.717, 1.165) is 26.1 Å². The van der Waals surface area contributed by atoms with Crippen LogP contribution in [0.15, 0.2) is 0 Å². The van der Waals surface area contributed by atoms with Crippen molar-refractivity contribution < 1.29 is 4.79 Å². The Morgan fingerprint density at radius 3 is 2.69 bits per heavy atom. The van der Waals surface area contributed by atoms with Crippen LogP contribution < -0.4 is 5.32 Å². The lowest BCUT2D eigenvalue weighted by molar-refractivity contribution is -0.139. The number of hydrogen-bond acceptors (Lipinski definition) is 2. The smallest absolute Gasteiger partial charge is 0.227 e. The lowest BCUT2D eigenvalue weighted by atomic mass is 9.91. The van der Waals surface area contributed by atoms with Gasteiger partial charge in [-0.2, -0.15) is 0 Å². The van der Waals surface area contributed by atoms with Crippen LogP contribution in [0.1, 0.15) is 33.1 Å². The number of carbonyl (C=O) groups is 1. The SMILES string of the molecule is CC1CCCN(C(=O)C2CCNC2)C1C.Cl. The predicted molar refractivity (Wildman–Crippen MR) is 67.8 cm³/mol. The van der Waals surface area contributed by atoms with Crippen molar-refractivity contribution in [3.05, 3.63) is 0 Å². The van der Waals surface area contributed by atoms with Gasteiger partial charge in [-0.3, -0.25) is 4.79 Å². The van der Waals surface area contributed by atoms with Crippen LogP contribution in [-0.4, -0.2) is 36.5 Å². The number of rotatable bonds is 1. The Hall–Kier alpha value is -0.280. The second-order valence-electron chi connectivity index (χ2n) is 5.08. The van der Waals surface area contributed by atoms with Gasteiger partial charge in [-0.1, -0.05) is 6.92 Å². The molecule has 1 N–H and O–H groups in total. The van der Waals surface area contributed by atoms with Gasteiger partial charge in [-0.25, -0.2) is 0 Å². The summed E-state index contributed by atoms with van der Waals surface area (Å²) >= 11 is 0. The number of carbonyl (C=O) groups excluding carboxylic acids is 1. The zero-order chi connectivity index (χ0) is 10.8. The minimum atomic E-state index is 0. The Bertz CT molecular complexity index is 241. The van der Waals surface area contributed by atoms with Crippen LogP contribution in [0.25, 0.3) is 0 Å². The molecule has 0 aromatic rings. The summed E-state index contributed by atoms with van der Waals surface area (Å²) in [6.45, 7) is 7.33. The monoisotopic (exact) mass is 246 g/mol. The standard InChI is InChI=1S/C12H22N2O.ClH/c1-9-4-3-7-14(10(9)2)12(15)11-5-6-13-8-11;/h9-11,13H,3-8H2,1-2H3;1H. The van der Waals surface area contributed by atoms with Crippen molar-refractivity contribution in [3.63, 3.8) is 0 Å². The van der Waals surface area contributed by atoms with Gasteiger partial charge in [0.15, 0.2) is 0 Å². The average Bonchev–Trinajstić information content (AvgIpc) is 2.74. The van der Waals surface area contributed by atoms with E-state index in [1.54, 1.807) is 0 Å². The van der Waals surface area contributed by atoms with Crippen LogP contribution in [-0.2, 0) is 4.79 Å². The van der Waals surface area contributed by atoms with Crippen LogP contribution in [0.2, 0.25) is 0 Å². The molecule has 2 aliphatic heterocycles. The molecule has 2 fully saturated rings. The van der Waals surface area contributed by atoms with Crippen molar-refractivity contribution in [2.75, 3.05) is 19.6 Å². The van der Waals surface area contributed by atoms with Gasteiger partial charge in [0.25, 0.3) is 0 Å². The molecule has 0 radical (unpaired) electrons. The number of halogens is 1. The first-order chi connectivity index (χ1) is 7.20. The summed E-state index contributed by atoms with van der Waals surface area (Å²) in [6, 6.07) is 0.437. The number of likely N-dealkylation sites (tertiary alicyclic amines) is 1. The highest BCUT2D eigenvalue weighted by Gasteiger charge is 2.33. The Kier molecular flexibility index (Phi) is 5.06. The molecule has 3 unspecified atom stereocenters. The minimum Gasteiger partial charge on any atom is -0.339 e. The maximum absolute atomic E-state index is 12.2. The van der Waals surface area contributed by atoms with Gasteiger partial charge >= 0.3 is 0 Å². The van der Waals surface area contributed by atoms with E-state index in [4.69, 9.17) is 0 Å². The van der Waals surface area contributed by atoms with Crippen molar-refractivity contribution in [3.8, 4) is 0 Å². The quantitative estimate of drug-likeness (QED) is 0.763. The van der Waals surface area contributed by atoms with E-state index < -0.39 is 0 Å². The van der Waals surface area contributed by atoms with Crippen molar-refractivity contribution >= 4 is 18.3 Å². The van der Waals surface area contributed by atoms with E-state index >= 15 is 0 Å². The van der Waals surface area contributed by atoms with E-state index in [1.165, 1.54) is 12.8 Å². The minimum absolute atomic E-state index is 0. The molecule has 0 saturated carbocycles. The molecule has 16 heavy (non-hydrogen) atoms. The van der Waals surface area contributed by atoms with Gasteiger partial charge < -0.3 is 10.2 Å². The molecular formula is C12H23ClN2O. The number of amides is 1. The lowest BCUT2D eigenvalue weighted by Gasteiger charge is -2.39. The molecule has 0 bridgehead atoms. The predicted octanol–water partition coefficient (Wildman–Crippen LogP) is 1.66. The Balaban J connectivity index is 0.00000128. The van der Waals surface area contributed by atoms with Crippen molar-refractivity contribution in [1.29, 1.82) is 0 Å². The molecule has 1 amide bonds. The maximum atomic E-state index is 12.2. The molecule has 2 saturated heterocycles. The third kappa shape index (κ3) is 2.69. The lowest BCUT2D eigenvalue weighted by Crippen LogP contribution is -2.48. The number of hydrogen-bond donors (Lipinski definition) is 1. The van der Waals surface area contributed by atoms with Crippen LogP contribution >= 0.6 is 12.4 Å². The Morgan fingerprint density at radius 1 is 1.31 bits per heavy atom. The Morgan fingerprint density at radius 2 is 2.06 bits per heavy atom. The molecule has 0 aromatic carbocycles. The van der Waals surface area contributed by atoms with Gasteiger partial charge in [0.2, 0.25) is 5.91 Å². The zero-order valence-electron chi connectivity index (χ0n) is 10.2. The summed E-state index contributed by atoms with van der Waals surface area (Å²) in [4.78, 5) is 14.4. The van der Waals surface area contributed by atoms with E-state index in [1.807, 2.05) is 0 Å². The third-order valence-electron chi connectivity index (χ3n) is 4.07. The van der Waals surface area contributed by atoms with Gasteiger partial charge in [0.05, 0.1) is 5.92 Å². The van der Waals surface area contributed by atoms with Gasteiger partial charge in [0, 0.05) is 19.1 Å². The van der Waals surface area contributed by atoms with E-state index in [0.29, 0.717) is 17.9 Å². The summed E-state index contributed by atoms with van der Waals surface area (Å²) in [6.07, 6.45) is 3.47. The fourth-order valence-corrected chi connectivity index (χ4v) is 2.75. The third-order valence-corrected chi connectivity index (χ3v) is 4.07. The first kappa shape index (κ1) is 13.8. The van der Waals surface area contributed by atoms with Crippen molar-refractivity contribution in [2.45, 2.75) is 39.2 Å². The highest BCUT2D eigenvalue weighted by Crippen LogP contribution is 2.25. The zero-order valence-corrected chi connectivity index (χ0v) is 11.1. The largest absolute Gasteiger partial charge is 0.339 e. The summed E-state index contributed by atoms with van der Waals surface area (Å²) in [5.41, 5.74) is 0. The summed E-state index contributed by atoms with van der Waals surface area (Å²) < 4.78 is 0. The molecular weight excluding hydrogens is 224 g/mol. The Labute approximate surface area is 104 Å². The molecule has 4 heteroatoms. The van der Waals surface area contributed by atoms with Crippen LogP contribution in [0, 0.1) is 11.8 Å². The van der Waals surface area contributed by atoms with Crippen LogP contribution in [0.5, 0.6) is 0 Å². The second kappa shape index (κ2) is 5.87. The fraction of sp³-hybridized carbons (Fsp3) is 0.917. The van der Waals surface area contributed by atoms with E-state index in [-0.39, 0.29) is 18.3 Å². The first-order valence-electron chi connectivity index (χ1n) is 6.21. The average molecular weight is 247 g/mol. The highest BCUT2D eigenvalue weighted by atomic mass is 35.5. The molecule has 2 heterocycles. The second-order valence-corrected chi connectivity index (χ2v) is 5.08. The number of piperidine rings is 1. The van der Waals surface area contributed by atoms with E-state index in [9.17, 15) is 4.79 Å². The maximum Gasteiger partial charge on any atom is 0.227 e. The van der Waals surface area contributed by atoms with Crippen molar-refractivity contribution in [2.24, 2.45) is 11.8 Å². The molecule has 2 rings (SSSR count). The molecule has 0 spiro atoms. The number of nitrogens with zero attached hydrogens (tertiary/aromatic N) is 1. The van der Waals surface area contributed by atoms with Gasteiger partial charge in [0.1, 0.15) is 0 Å². The molecule has 0 aromatic heterocycles. The topological polar surface area (TPSA) is 32.3 Å². The van der Waals surface area contributed by atoms with Crippen LogP contribution in [0.4, 0.5) is 0 Å². The van der Waals surface area contributed by atoms with Crippen LogP contribution in [0.3, 0.4) is 0 Å². The van der Waals surface area contributed by atoms with Gasteiger partial charge in [-0.05, 0) is 38.6 Å². The summed E-state index contributed by atoms with van der Waals surface area (Å²) in [5, 5.41) is 3.27. The molecule has 3 atom stereocenters. The number of nitrogens with one attached hydrogen (secondary N) is 1. The first-order valence-corrected chi connectivity index (χ1v) is 6.21. The summed E-state index contributed by atoms with van der Waals surface area (Å²) in [5.74, 6) is 1.30. The molecule has 0 aliphatic carbocycles.